The number of aromatic nitrogens is 1. The van der Waals surface area contributed by atoms with Gasteiger partial charge in [0.1, 0.15) is 0 Å². The summed E-state index contributed by atoms with van der Waals surface area (Å²) in [5.74, 6) is -0.0388. The molecule has 21 heavy (non-hydrogen) atoms. The number of nitrogens with zero attached hydrogens (tertiary/aromatic N) is 3. The van der Waals surface area contributed by atoms with E-state index < -0.39 is 11.9 Å². The van der Waals surface area contributed by atoms with E-state index in [0.717, 1.165) is 5.69 Å². The molecule has 0 aromatic carbocycles. The minimum atomic E-state index is -0.980. The average Bonchev–Trinajstić information content (AvgIpc) is 2.46. The number of fused-ring (bicyclic) bond motifs is 1. The zero-order valence-corrected chi connectivity index (χ0v) is 11.9. The van der Waals surface area contributed by atoms with Crippen molar-refractivity contribution in [1.82, 2.24) is 9.88 Å². The second kappa shape index (κ2) is 5.48. The van der Waals surface area contributed by atoms with Gasteiger partial charge in [-0.1, -0.05) is 0 Å². The van der Waals surface area contributed by atoms with E-state index in [9.17, 15) is 9.18 Å². The van der Waals surface area contributed by atoms with Crippen molar-refractivity contribution in [3.8, 4) is 0 Å². The maximum absolute atomic E-state index is 14.4. The molecule has 0 spiro atoms. The van der Waals surface area contributed by atoms with Crippen LogP contribution in [0.5, 0.6) is 0 Å². The van der Waals surface area contributed by atoms with E-state index in [1.54, 1.807) is 0 Å². The van der Waals surface area contributed by atoms with E-state index in [0.29, 0.717) is 44.1 Å². The fourth-order valence-electron chi connectivity index (χ4n) is 2.84. The van der Waals surface area contributed by atoms with Gasteiger partial charge < -0.3 is 19.6 Å². The van der Waals surface area contributed by atoms with Gasteiger partial charge in [-0.15, -0.1) is 0 Å². The van der Waals surface area contributed by atoms with Crippen LogP contribution in [0, 0.1) is 5.82 Å². The predicted octanol–water partition coefficient (Wildman–Crippen LogP) is 1.48. The maximum atomic E-state index is 14.4. The number of rotatable bonds is 1. The lowest BCUT2D eigenvalue weighted by Crippen LogP contribution is -2.45. The number of ether oxygens (including phenoxy) is 1. The van der Waals surface area contributed by atoms with Gasteiger partial charge in [0, 0.05) is 25.2 Å². The molecule has 2 aliphatic rings. The SMILES string of the molecule is C[C@@H]1COCCN1c1nc2c(cc1F)CN(C(=O)O)CC2. The molecule has 0 aliphatic carbocycles. The van der Waals surface area contributed by atoms with E-state index in [1.165, 1.54) is 11.0 Å². The van der Waals surface area contributed by atoms with Crippen LogP contribution in [0.1, 0.15) is 18.2 Å². The number of pyridine rings is 1. The third kappa shape index (κ3) is 2.65. The normalized spacial score (nSPS) is 22.1. The summed E-state index contributed by atoms with van der Waals surface area (Å²) in [5.41, 5.74) is 1.45. The van der Waals surface area contributed by atoms with Crippen molar-refractivity contribution in [1.29, 1.82) is 0 Å². The molecule has 1 fully saturated rings. The van der Waals surface area contributed by atoms with Gasteiger partial charge in [0.25, 0.3) is 0 Å². The number of hydrogen-bond donors (Lipinski definition) is 1. The Morgan fingerprint density at radius 3 is 3.05 bits per heavy atom. The molecule has 1 amide bonds. The van der Waals surface area contributed by atoms with Gasteiger partial charge in [-0.3, -0.25) is 0 Å². The fraction of sp³-hybridized carbons (Fsp3) is 0.571. The first-order valence-electron chi connectivity index (χ1n) is 7.07. The number of amides is 1. The van der Waals surface area contributed by atoms with Crippen LogP contribution < -0.4 is 4.90 Å². The van der Waals surface area contributed by atoms with Gasteiger partial charge in [-0.25, -0.2) is 14.2 Å². The molecule has 2 aliphatic heterocycles. The highest BCUT2D eigenvalue weighted by atomic mass is 19.1. The Balaban J connectivity index is 1.90. The predicted molar refractivity (Wildman–Crippen MR) is 74.0 cm³/mol. The van der Waals surface area contributed by atoms with E-state index in [1.807, 2.05) is 11.8 Å². The first-order valence-corrected chi connectivity index (χ1v) is 7.07. The molecule has 1 atom stereocenters. The van der Waals surface area contributed by atoms with E-state index >= 15 is 0 Å². The second-order valence-corrected chi connectivity index (χ2v) is 5.47. The molecule has 6 nitrogen and oxygen atoms in total. The smallest absolute Gasteiger partial charge is 0.407 e. The van der Waals surface area contributed by atoms with Crippen LogP contribution in [0.2, 0.25) is 0 Å². The van der Waals surface area contributed by atoms with Crippen molar-refractivity contribution < 1.29 is 19.0 Å². The summed E-state index contributed by atoms with van der Waals surface area (Å²) in [4.78, 5) is 18.7. The summed E-state index contributed by atoms with van der Waals surface area (Å²) in [6.07, 6.45) is -0.458. The molecule has 1 N–H and O–H groups in total. The van der Waals surface area contributed by atoms with Crippen molar-refractivity contribution in [2.24, 2.45) is 0 Å². The highest BCUT2D eigenvalue weighted by molar-refractivity contribution is 5.65. The van der Waals surface area contributed by atoms with Crippen molar-refractivity contribution in [2.45, 2.75) is 25.9 Å². The molecule has 3 rings (SSSR count). The van der Waals surface area contributed by atoms with E-state index in [4.69, 9.17) is 9.84 Å². The molecular formula is C14H18FN3O3. The van der Waals surface area contributed by atoms with Crippen molar-refractivity contribution in [2.75, 3.05) is 31.2 Å². The fourth-order valence-corrected chi connectivity index (χ4v) is 2.84. The number of anilines is 1. The Morgan fingerprint density at radius 2 is 2.33 bits per heavy atom. The van der Waals surface area contributed by atoms with Gasteiger partial charge in [-0.05, 0) is 18.6 Å². The molecule has 0 radical (unpaired) electrons. The van der Waals surface area contributed by atoms with E-state index in [-0.39, 0.29) is 12.6 Å². The molecule has 1 aromatic rings. The van der Waals surface area contributed by atoms with Crippen molar-refractivity contribution in [3.63, 3.8) is 0 Å². The van der Waals surface area contributed by atoms with Crippen LogP contribution in [0.15, 0.2) is 6.07 Å². The quantitative estimate of drug-likeness (QED) is 0.850. The Kier molecular flexibility index (Phi) is 3.67. The van der Waals surface area contributed by atoms with Gasteiger partial charge in [0.2, 0.25) is 0 Å². The lowest BCUT2D eigenvalue weighted by Gasteiger charge is -2.35. The number of morpholine rings is 1. The van der Waals surface area contributed by atoms with Crippen molar-refractivity contribution >= 4 is 11.9 Å². The summed E-state index contributed by atoms with van der Waals surface area (Å²) in [6, 6.07) is 1.51. The number of halogens is 1. The summed E-state index contributed by atoms with van der Waals surface area (Å²) in [5, 5.41) is 9.02. The van der Waals surface area contributed by atoms with Crippen LogP contribution in [0.25, 0.3) is 0 Å². The minimum Gasteiger partial charge on any atom is -0.465 e. The lowest BCUT2D eigenvalue weighted by atomic mass is 10.1. The van der Waals surface area contributed by atoms with Gasteiger partial charge in [-0.2, -0.15) is 0 Å². The summed E-state index contributed by atoms with van der Waals surface area (Å²) < 4.78 is 19.7. The molecule has 114 valence electrons. The van der Waals surface area contributed by atoms with Crippen LogP contribution in [-0.2, 0) is 17.7 Å². The second-order valence-electron chi connectivity index (χ2n) is 5.47. The zero-order valence-electron chi connectivity index (χ0n) is 11.9. The minimum absolute atomic E-state index is 0.0814. The van der Waals surface area contributed by atoms with Crippen LogP contribution in [0.3, 0.4) is 0 Å². The first-order chi connectivity index (χ1) is 10.1. The Labute approximate surface area is 122 Å². The molecule has 1 aromatic heterocycles. The van der Waals surface area contributed by atoms with Gasteiger partial charge in [0.05, 0.1) is 25.8 Å². The van der Waals surface area contributed by atoms with Crippen molar-refractivity contribution in [3.05, 3.63) is 23.1 Å². The largest absolute Gasteiger partial charge is 0.465 e. The van der Waals surface area contributed by atoms with Gasteiger partial charge >= 0.3 is 6.09 Å². The molecule has 0 unspecified atom stereocenters. The third-order valence-electron chi connectivity index (χ3n) is 4.02. The van der Waals surface area contributed by atoms with Crippen LogP contribution >= 0.6 is 0 Å². The highest BCUT2D eigenvalue weighted by Crippen LogP contribution is 2.26. The number of carboxylic acid groups (broad SMARTS) is 1. The Hall–Kier alpha value is -1.89. The Bertz CT molecular complexity index is 567. The first kappa shape index (κ1) is 14.1. The summed E-state index contributed by atoms with van der Waals surface area (Å²) in [6.45, 7) is 4.32. The molecule has 1 saturated heterocycles. The standard InChI is InChI=1S/C14H18FN3O3/c1-9-8-21-5-4-18(9)13-11(15)6-10-7-17(14(19)20)3-2-12(10)16-13/h6,9H,2-5,7-8H2,1H3,(H,19,20)/t9-/m1/s1. The van der Waals surface area contributed by atoms with E-state index in [2.05, 4.69) is 4.98 Å². The molecule has 0 bridgehead atoms. The Morgan fingerprint density at radius 1 is 1.52 bits per heavy atom. The highest BCUT2D eigenvalue weighted by Gasteiger charge is 2.27. The summed E-state index contributed by atoms with van der Waals surface area (Å²) in [7, 11) is 0. The topological polar surface area (TPSA) is 65.9 Å². The number of hydrogen-bond acceptors (Lipinski definition) is 4. The molecule has 3 heterocycles. The monoisotopic (exact) mass is 295 g/mol. The maximum Gasteiger partial charge on any atom is 0.407 e. The molecule has 0 saturated carbocycles. The molecule has 7 heteroatoms. The average molecular weight is 295 g/mol. The van der Waals surface area contributed by atoms with Crippen LogP contribution in [-0.4, -0.2) is 53.4 Å². The summed E-state index contributed by atoms with van der Waals surface area (Å²) >= 11 is 0. The van der Waals surface area contributed by atoms with Crippen LogP contribution in [0.4, 0.5) is 15.0 Å². The number of carbonyl (C=O) groups is 1. The zero-order chi connectivity index (χ0) is 15.0. The van der Waals surface area contributed by atoms with Gasteiger partial charge in [0.15, 0.2) is 11.6 Å². The lowest BCUT2D eigenvalue weighted by molar-refractivity contribution is 0.0980. The third-order valence-corrected chi connectivity index (χ3v) is 4.02. The molecular weight excluding hydrogens is 277 g/mol.